The van der Waals surface area contributed by atoms with E-state index in [2.05, 4.69) is 9.71 Å². The van der Waals surface area contributed by atoms with Crippen molar-refractivity contribution >= 4 is 27.5 Å². The van der Waals surface area contributed by atoms with Gasteiger partial charge in [-0.1, -0.05) is 11.6 Å². The molecule has 0 aliphatic carbocycles. The molecule has 4 N–H and O–H groups in total. The summed E-state index contributed by atoms with van der Waals surface area (Å²) in [6.07, 6.45) is 0.900. The first-order valence-electron chi connectivity index (χ1n) is 4.49. The highest BCUT2D eigenvalue weighted by molar-refractivity contribution is 7.89. The van der Waals surface area contributed by atoms with E-state index >= 15 is 0 Å². The Labute approximate surface area is 102 Å². The number of nitrogens with one attached hydrogen (secondary N) is 2. The molecule has 0 saturated carbocycles. The van der Waals surface area contributed by atoms with Crippen molar-refractivity contribution in [1.29, 1.82) is 0 Å². The molecule has 0 aromatic carbocycles. The first-order valence-corrected chi connectivity index (χ1v) is 6.35. The summed E-state index contributed by atoms with van der Waals surface area (Å²) in [6.45, 7) is -0.117. The standard InChI is InChI=1S/C8H10ClN3O4S/c9-6-3-5(4-11-8(6)14)17(15,16)12-2-1-7(10)13/h3-4,12H,1-2H2,(H2,10,13)(H,11,14). The third-order valence-electron chi connectivity index (χ3n) is 1.81. The Morgan fingerprint density at radius 2 is 2.18 bits per heavy atom. The van der Waals surface area contributed by atoms with E-state index in [-0.39, 0.29) is 22.9 Å². The Morgan fingerprint density at radius 3 is 2.71 bits per heavy atom. The summed E-state index contributed by atoms with van der Waals surface area (Å²) in [6, 6.07) is 1.02. The minimum absolute atomic E-state index is 0.115. The second kappa shape index (κ2) is 5.30. The maximum absolute atomic E-state index is 11.6. The minimum atomic E-state index is -3.81. The minimum Gasteiger partial charge on any atom is -0.370 e. The van der Waals surface area contributed by atoms with Crippen molar-refractivity contribution in [3.63, 3.8) is 0 Å². The predicted octanol–water partition coefficient (Wildman–Crippen LogP) is -0.818. The second-order valence-corrected chi connectivity index (χ2v) is 5.30. The number of rotatable bonds is 5. The highest BCUT2D eigenvalue weighted by Crippen LogP contribution is 2.09. The van der Waals surface area contributed by atoms with Gasteiger partial charge in [0.1, 0.15) is 5.02 Å². The van der Waals surface area contributed by atoms with Crippen LogP contribution in [0.1, 0.15) is 6.42 Å². The number of primary amides is 1. The summed E-state index contributed by atoms with van der Waals surface area (Å²) < 4.78 is 25.4. The van der Waals surface area contributed by atoms with Gasteiger partial charge in [-0.3, -0.25) is 9.59 Å². The lowest BCUT2D eigenvalue weighted by molar-refractivity contribution is -0.117. The molecule has 1 heterocycles. The van der Waals surface area contributed by atoms with E-state index in [4.69, 9.17) is 17.3 Å². The van der Waals surface area contributed by atoms with E-state index in [1.54, 1.807) is 0 Å². The second-order valence-electron chi connectivity index (χ2n) is 3.13. The fraction of sp³-hybridized carbons (Fsp3) is 0.250. The van der Waals surface area contributed by atoms with Gasteiger partial charge in [0.15, 0.2) is 0 Å². The molecule has 0 radical (unpaired) electrons. The average molecular weight is 280 g/mol. The first-order chi connectivity index (χ1) is 7.83. The van der Waals surface area contributed by atoms with Gasteiger partial charge in [0, 0.05) is 19.2 Å². The van der Waals surface area contributed by atoms with Crippen molar-refractivity contribution in [1.82, 2.24) is 9.71 Å². The number of H-pyrrole nitrogens is 1. The molecule has 0 atom stereocenters. The van der Waals surface area contributed by atoms with Crippen LogP contribution in [0.2, 0.25) is 5.02 Å². The Morgan fingerprint density at radius 1 is 1.53 bits per heavy atom. The number of hydrogen-bond donors (Lipinski definition) is 3. The number of nitrogens with two attached hydrogens (primary N) is 1. The number of aromatic amines is 1. The molecule has 0 unspecified atom stereocenters. The molecule has 0 aliphatic rings. The summed E-state index contributed by atoms with van der Waals surface area (Å²) in [7, 11) is -3.81. The van der Waals surface area contributed by atoms with Crippen LogP contribution in [0.3, 0.4) is 0 Å². The molecule has 0 bridgehead atoms. The summed E-state index contributed by atoms with van der Waals surface area (Å²) in [4.78, 5) is 23.4. The molecule has 0 saturated heterocycles. The summed E-state index contributed by atoms with van der Waals surface area (Å²) in [5, 5.41) is -0.234. The molecule has 0 spiro atoms. The van der Waals surface area contributed by atoms with Crippen LogP contribution in [0.15, 0.2) is 22.0 Å². The van der Waals surface area contributed by atoms with Crippen LogP contribution >= 0.6 is 11.6 Å². The Kier molecular flexibility index (Phi) is 4.27. The number of halogens is 1. The Bertz CT molecular complexity index is 581. The van der Waals surface area contributed by atoms with Crippen molar-refractivity contribution in [2.45, 2.75) is 11.3 Å². The van der Waals surface area contributed by atoms with Gasteiger partial charge in [0.2, 0.25) is 15.9 Å². The van der Waals surface area contributed by atoms with Gasteiger partial charge in [-0.2, -0.15) is 0 Å². The zero-order valence-corrected chi connectivity index (χ0v) is 10.1. The fourth-order valence-electron chi connectivity index (χ4n) is 0.985. The number of hydrogen-bond acceptors (Lipinski definition) is 4. The quantitative estimate of drug-likeness (QED) is 0.652. The molecule has 1 rings (SSSR count). The van der Waals surface area contributed by atoms with Crippen LogP contribution in [0.4, 0.5) is 0 Å². The summed E-state index contributed by atoms with van der Waals surface area (Å²) >= 11 is 5.49. The molecular weight excluding hydrogens is 270 g/mol. The monoisotopic (exact) mass is 279 g/mol. The number of sulfonamides is 1. The molecule has 1 aromatic rings. The SMILES string of the molecule is NC(=O)CCNS(=O)(=O)c1c[nH]c(=O)c(Cl)c1. The molecule has 9 heteroatoms. The topological polar surface area (TPSA) is 122 Å². The smallest absolute Gasteiger partial charge is 0.266 e. The zero-order chi connectivity index (χ0) is 13.1. The Balaban J connectivity index is 2.86. The molecular formula is C8H10ClN3O4S. The third-order valence-corrected chi connectivity index (χ3v) is 3.53. The van der Waals surface area contributed by atoms with Gasteiger partial charge in [0.25, 0.3) is 5.56 Å². The predicted molar refractivity (Wildman–Crippen MR) is 61.1 cm³/mol. The number of pyridine rings is 1. The zero-order valence-electron chi connectivity index (χ0n) is 8.57. The van der Waals surface area contributed by atoms with Crippen LogP contribution in [0.25, 0.3) is 0 Å². The van der Waals surface area contributed by atoms with E-state index < -0.39 is 21.5 Å². The van der Waals surface area contributed by atoms with E-state index in [1.165, 1.54) is 0 Å². The molecule has 1 amide bonds. The van der Waals surface area contributed by atoms with Crippen molar-refractivity contribution in [3.05, 3.63) is 27.6 Å². The van der Waals surface area contributed by atoms with Gasteiger partial charge in [-0.05, 0) is 6.07 Å². The highest BCUT2D eigenvalue weighted by atomic mass is 35.5. The van der Waals surface area contributed by atoms with Crippen LogP contribution < -0.4 is 16.0 Å². The summed E-state index contributed by atoms with van der Waals surface area (Å²) in [5.41, 5.74) is 4.28. The fourth-order valence-corrected chi connectivity index (χ4v) is 2.25. The van der Waals surface area contributed by atoms with Gasteiger partial charge in [-0.15, -0.1) is 0 Å². The lowest BCUT2D eigenvalue weighted by atomic mass is 10.4. The van der Waals surface area contributed by atoms with Crippen LogP contribution in [0, 0.1) is 0 Å². The maximum atomic E-state index is 11.6. The van der Waals surface area contributed by atoms with Crippen molar-refractivity contribution < 1.29 is 13.2 Å². The van der Waals surface area contributed by atoms with Crippen molar-refractivity contribution in [2.24, 2.45) is 5.73 Å². The lowest BCUT2D eigenvalue weighted by Crippen LogP contribution is -2.28. The summed E-state index contributed by atoms with van der Waals surface area (Å²) in [5.74, 6) is -0.618. The largest absolute Gasteiger partial charge is 0.370 e. The molecule has 0 fully saturated rings. The normalized spacial score (nSPS) is 11.4. The molecule has 1 aromatic heterocycles. The van der Waals surface area contributed by atoms with Gasteiger partial charge in [0.05, 0.1) is 4.90 Å². The average Bonchev–Trinajstić information content (AvgIpc) is 2.21. The molecule has 94 valence electrons. The molecule has 7 nitrogen and oxygen atoms in total. The van der Waals surface area contributed by atoms with E-state index in [0.29, 0.717) is 0 Å². The number of carbonyl (C=O) groups excluding carboxylic acids is 1. The molecule has 17 heavy (non-hydrogen) atoms. The van der Waals surface area contributed by atoms with Crippen LogP contribution in [-0.4, -0.2) is 25.9 Å². The van der Waals surface area contributed by atoms with Gasteiger partial charge >= 0.3 is 0 Å². The van der Waals surface area contributed by atoms with Crippen LogP contribution in [-0.2, 0) is 14.8 Å². The molecule has 0 aliphatic heterocycles. The number of amides is 1. The number of aromatic nitrogens is 1. The maximum Gasteiger partial charge on any atom is 0.266 e. The third kappa shape index (κ3) is 3.84. The van der Waals surface area contributed by atoms with E-state index in [0.717, 1.165) is 12.3 Å². The van der Waals surface area contributed by atoms with Crippen molar-refractivity contribution in [2.75, 3.05) is 6.54 Å². The van der Waals surface area contributed by atoms with Crippen LogP contribution in [0.5, 0.6) is 0 Å². The first kappa shape index (κ1) is 13.7. The van der Waals surface area contributed by atoms with Gasteiger partial charge < -0.3 is 10.7 Å². The van der Waals surface area contributed by atoms with Gasteiger partial charge in [-0.25, -0.2) is 13.1 Å². The highest BCUT2D eigenvalue weighted by Gasteiger charge is 2.15. The van der Waals surface area contributed by atoms with E-state index in [9.17, 15) is 18.0 Å². The van der Waals surface area contributed by atoms with Crippen molar-refractivity contribution in [3.8, 4) is 0 Å². The Hall–Kier alpha value is -1.38. The van der Waals surface area contributed by atoms with E-state index in [1.807, 2.05) is 0 Å². The lowest BCUT2D eigenvalue weighted by Gasteiger charge is -2.05. The number of carbonyl (C=O) groups is 1.